The third-order valence-electron chi connectivity index (χ3n) is 2.67. The largest absolute Gasteiger partial charge is 0.480 e. The molecule has 0 aromatic carbocycles. The fourth-order valence-electron chi connectivity index (χ4n) is 1.80. The Morgan fingerprint density at radius 3 is 2.84 bits per heavy atom. The maximum atomic E-state index is 9.09. The Bertz CT molecular complexity index is 619. The molecule has 2 heterocycles. The molecule has 0 N–H and O–H groups in total. The minimum absolute atomic E-state index is 0.340. The minimum Gasteiger partial charge on any atom is -0.480 e. The quantitative estimate of drug-likeness (QED) is 0.837. The number of ether oxygens (including phenoxy) is 1. The van der Waals surface area contributed by atoms with Crippen molar-refractivity contribution < 1.29 is 4.74 Å². The Hall–Kier alpha value is -2.48. The molecule has 0 bridgehead atoms. The Balaban J connectivity index is 2.53. The summed E-state index contributed by atoms with van der Waals surface area (Å²) in [5.74, 6) is 1.22. The summed E-state index contributed by atoms with van der Waals surface area (Å²) >= 11 is 0. The summed E-state index contributed by atoms with van der Waals surface area (Å²) in [5, 5.41) is 9.09. The first-order chi connectivity index (χ1) is 9.30. The van der Waals surface area contributed by atoms with E-state index < -0.39 is 0 Å². The lowest BCUT2D eigenvalue weighted by molar-refractivity contribution is 0.396. The first kappa shape index (κ1) is 13.0. The lowest BCUT2D eigenvalue weighted by Crippen LogP contribution is -2.00. The van der Waals surface area contributed by atoms with Crippen LogP contribution in [0.2, 0.25) is 0 Å². The van der Waals surface area contributed by atoms with E-state index in [1.165, 1.54) is 0 Å². The van der Waals surface area contributed by atoms with Gasteiger partial charge in [-0.05, 0) is 18.6 Å². The average Bonchev–Trinajstić information content (AvgIpc) is 2.47. The van der Waals surface area contributed by atoms with E-state index in [4.69, 9.17) is 10.00 Å². The van der Waals surface area contributed by atoms with E-state index in [1.807, 2.05) is 6.07 Å². The van der Waals surface area contributed by atoms with Crippen molar-refractivity contribution in [2.75, 3.05) is 7.11 Å². The molecule has 0 atom stereocenters. The molecule has 0 amide bonds. The van der Waals surface area contributed by atoms with Gasteiger partial charge in [0, 0.05) is 24.4 Å². The SMILES string of the molecule is CCCc1ncc(-c2cccnc2C#N)c(OC)n1. The number of methoxy groups -OCH3 is 1. The van der Waals surface area contributed by atoms with Gasteiger partial charge in [-0.3, -0.25) is 0 Å². The van der Waals surface area contributed by atoms with Crippen LogP contribution < -0.4 is 4.74 Å². The van der Waals surface area contributed by atoms with Gasteiger partial charge in [-0.2, -0.15) is 10.2 Å². The van der Waals surface area contributed by atoms with Crippen LogP contribution in [0.25, 0.3) is 11.1 Å². The molecule has 0 saturated heterocycles. The standard InChI is InChI=1S/C14H14N4O/c1-3-5-13-17-9-11(14(18-13)19-2)10-6-4-7-16-12(10)8-15/h4,6-7,9H,3,5H2,1-2H3. The van der Waals surface area contributed by atoms with Gasteiger partial charge in [0.15, 0.2) is 0 Å². The van der Waals surface area contributed by atoms with Gasteiger partial charge in [0.25, 0.3) is 0 Å². The monoisotopic (exact) mass is 254 g/mol. The van der Waals surface area contributed by atoms with Crippen molar-refractivity contribution in [3.05, 3.63) is 36.0 Å². The van der Waals surface area contributed by atoms with E-state index in [0.29, 0.717) is 22.7 Å². The number of rotatable bonds is 4. The van der Waals surface area contributed by atoms with E-state index in [-0.39, 0.29) is 0 Å². The molecule has 0 radical (unpaired) electrons. The van der Waals surface area contributed by atoms with E-state index >= 15 is 0 Å². The summed E-state index contributed by atoms with van der Waals surface area (Å²) in [6.45, 7) is 2.07. The van der Waals surface area contributed by atoms with Gasteiger partial charge in [-0.1, -0.05) is 6.92 Å². The molecular weight excluding hydrogens is 240 g/mol. The average molecular weight is 254 g/mol. The second kappa shape index (κ2) is 5.91. The molecule has 0 aliphatic carbocycles. The number of pyridine rings is 1. The van der Waals surface area contributed by atoms with Gasteiger partial charge in [-0.25, -0.2) is 9.97 Å². The smallest absolute Gasteiger partial charge is 0.224 e. The highest BCUT2D eigenvalue weighted by Crippen LogP contribution is 2.29. The van der Waals surface area contributed by atoms with Crippen molar-refractivity contribution in [3.8, 4) is 23.1 Å². The molecule has 5 nitrogen and oxygen atoms in total. The lowest BCUT2D eigenvalue weighted by atomic mass is 10.1. The van der Waals surface area contributed by atoms with Crippen LogP contribution >= 0.6 is 0 Å². The van der Waals surface area contributed by atoms with Crippen LogP contribution in [-0.2, 0) is 6.42 Å². The first-order valence-corrected chi connectivity index (χ1v) is 6.05. The molecule has 2 aromatic heterocycles. The summed E-state index contributed by atoms with van der Waals surface area (Å²) in [6, 6.07) is 5.65. The highest BCUT2D eigenvalue weighted by Gasteiger charge is 2.13. The lowest BCUT2D eigenvalue weighted by Gasteiger charge is -2.09. The zero-order chi connectivity index (χ0) is 13.7. The Morgan fingerprint density at radius 1 is 1.32 bits per heavy atom. The van der Waals surface area contributed by atoms with Crippen molar-refractivity contribution in [1.82, 2.24) is 15.0 Å². The normalized spacial score (nSPS) is 9.95. The minimum atomic E-state index is 0.340. The number of hydrogen-bond acceptors (Lipinski definition) is 5. The second-order valence-electron chi connectivity index (χ2n) is 3.97. The Kier molecular flexibility index (Phi) is 4.04. The van der Waals surface area contributed by atoms with Crippen molar-refractivity contribution in [2.24, 2.45) is 0 Å². The molecule has 0 saturated carbocycles. The summed E-state index contributed by atoms with van der Waals surface area (Å²) in [7, 11) is 1.56. The maximum Gasteiger partial charge on any atom is 0.224 e. The van der Waals surface area contributed by atoms with Crippen molar-refractivity contribution in [1.29, 1.82) is 5.26 Å². The highest BCUT2D eigenvalue weighted by molar-refractivity contribution is 5.71. The van der Waals surface area contributed by atoms with E-state index in [9.17, 15) is 0 Å². The fourth-order valence-corrected chi connectivity index (χ4v) is 1.80. The molecular formula is C14H14N4O. The number of nitrogens with zero attached hydrogens (tertiary/aromatic N) is 4. The van der Waals surface area contributed by atoms with Gasteiger partial charge in [-0.15, -0.1) is 0 Å². The highest BCUT2D eigenvalue weighted by atomic mass is 16.5. The molecule has 2 rings (SSSR count). The molecule has 0 fully saturated rings. The van der Waals surface area contributed by atoms with E-state index in [0.717, 1.165) is 18.7 Å². The molecule has 0 aliphatic rings. The van der Waals surface area contributed by atoms with Gasteiger partial charge >= 0.3 is 0 Å². The molecule has 96 valence electrons. The molecule has 0 aliphatic heterocycles. The van der Waals surface area contributed by atoms with Gasteiger partial charge in [0.05, 0.1) is 12.7 Å². The number of aromatic nitrogens is 3. The fraction of sp³-hybridized carbons (Fsp3) is 0.286. The van der Waals surface area contributed by atoms with Crippen molar-refractivity contribution in [2.45, 2.75) is 19.8 Å². The van der Waals surface area contributed by atoms with Crippen LogP contribution in [0.15, 0.2) is 24.5 Å². The number of hydrogen-bond donors (Lipinski definition) is 0. The van der Waals surface area contributed by atoms with Gasteiger partial charge in [0.2, 0.25) is 5.88 Å². The Morgan fingerprint density at radius 2 is 2.16 bits per heavy atom. The predicted octanol–water partition coefficient (Wildman–Crippen LogP) is 2.37. The molecule has 0 spiro atoms. The van der Waals surface area contributed by atoms with Crippen LogP contribution in [0.1, 0.15) is 24.9 Å². The third kappa shape index (κ3) is 2.68. The second-order valence-corrected chi connectivity index (χ2v) is 3.97. The Labute approximate surface area is 111 Å². The zero-order valence-corrected chi connectivity index (χ0v) is 10.9. The van der Waals surface area contributed by atoms with Gasteiger partial charge < -0.3 is 4.74 Å². The first-order valence-electron chi connectivity index (χ1n) is 6.05. The molecule has 5 heteroatoms. The van der Waals surface area contributed by atoms with Crippen LogP contribution in [0, 0.1) is 11.3 Å². The third-order valence-corrected chi connectivity index (χ3v) is 2.67. The van der Waals surface area contributed by atoms with Gasteiger partial charge in [0.1, 0.15) is 17.6 Å². The van der Waals surface area contributed by atoms with Crippen molar-refractivity contribution >= 4 is 0 Å². The van der Waals surface area contributed by atoms with Crippen LogP contribution in [0.4, 0.5) is 0 Å². The summed E-state index contributed by atoms with van der Waals surface area (Å²) in [5.41, 5.74) is 1.71. The summed E-state index contributed by atoms with van der Waals surface area (Å²) < 4.78 is 5.30. The van der Waals surface area contributed by atoms with Crippen LogP contribution in [0.5, 0.6) is 5.88 Å². The van der Waals surface area contributed by atoms with Crippen molar-refractivity contribution in [3.63, 3.8) is 0 Å². The zero-order valence-electron chi connectivity index (χ0n) is 10.9. The molecule has 2 aromatic rings. The number of nitriles is 1. The van der Waals surface area contributed by atoms with Crippen LogP contribution in [0.3, 0.4) is 0 Å². The van der Waals surface area contributed by atoms with E-state index in [2.05, 4.69) is 27.9 Å². The summed E-state index contributed by atoms with van der Waals surface area (Å²) in [4.78, 5) is 12.7. The number of aryl methyl sites for hydroxylation is 1. The van der Waals surface area contributed by atoms with E-state index in [1.54, 1.807) is 25.6 Å². The molecule has 0 unspecified atom stereocenters. The van der Waals surface area contributed by atoms with Crippen LogP contribution in [-0.4, -0.2) is 22.1 Å². The topological polar surface area (TPSA) is 71.7 Å². The predicted molar refractivity (Wildman–Crippen MR) is 70.5 cm³/mol. The maximum absolute atomic E-state index is 9.09. The molecule has 19 heavy (non-hydrogen) atoms. The summed E-state index contributed by atoms with van der Waals surface area (Å²) in [6.07, 6.45) is 5.04.